The van der Waals surface area contributed by atoms with Crippen LogP contribution in [-0.4, -0.2) is 50.3 Å². The van der Waals surface area contributed by atoms with Crippen molar-refractivity contribution in [1.29, 1.82) is 0 Å². The van der Waals surface area contributed by atoms with Crippen LogP contribution in [0.2, 0.25) is 0 Å². The maximum atomic E-state index is 5.57. The summed E-state index contributed by atoms with van der Waals surface area (Å²) in [6.07, 6.45) is 3.87. The van der Waals surface area contributed by atoms with Gasteiger partial charge in [0.15, 0.2) is 0 Å². The van der Waals surface area contributed by atoms with E-state index >= 15 is 0 Å². The maximum absolute atomic E-state index is 5.57. The average Bonchev–Trinajstić information content (AvgIpc) is 2.77. The quantitative estimate of drug-likeness (QED) is 0.740. The van der Waals surface area contributed by atoms with Crippen molar-refractivity contribution in [3.8, 4) is 0 Å². The van der Waals surface area contributed by atoms with Gasteiger partial charge in [-0.25, -0.2) is 0 Å². The van der Waals surface area contributed by atoms with Crippen molar-refractivity contribution < 1.29 is 4.74 Å². The van der Waals surface area contributed by atoms with Gasteiger partial charge in [0.25, 0.3) is 0 Å². The molecule has 3 heteroatoms. The fourth-order valence-corrected chi connectivity index (χ4v) is 2.74. The lowest BCUT2D eigenvalue weighted by atomic mass is 9.95. The topological polar surface area (TPSA) is 24.5 Å². The normalized spacial score (nSPS) is 24.2. The van der Waals surface area contributed by atoms with E-state index in [-0.39, 0.29) is 5.60 Å². The highest BCUT2D eigenvalue weighted by Crippen LogP contribution is 2.21. The molecule has 0 amide bonds. The lowest BCUT2D eigenvalue weighted by molar-refractivity contribution is -0.0124. The molecular weight excluding hydrogens is 212 g/mol. The summed E-state index contributed by atoms with van der Waals surface area (Å²) in [4.78, 5) is 2.60. The number of methoxy groups -OCH3 is 1. The van der Waals surface area contributed by atoms with Crippen molar-refractivity contribution in [2.24, 2.45) is 5.92 Å². The Labute approximate surface area is 107 Å². The summed E-state index contributed by atoms with van der Waals surface area (Å²) >= 11 is 0. The first-order chi connectivity index (χ1) is 8.03. The summed E-state index contributed by atoms with van der Waals surface area (Å²) in [6.45, 7) is 10.4. The standard InChI is InChI=1S/C14H30N2O/c1-6-12-7-9-16(11-12)10-8-13(15-4)14(2,3)17-5/h12-13,15H,6-11H2,1-5H3. The Bertz CT molecular complexity index is 218. The van der Waals surface area contributed by atoms with E-state index in [1.54, 1.807) is 7.11 Å². The predicted molar refractivity (Wildman–Crippen MR) is 73.4 cm³/mol. The van der Waals surface area contributed by atoms with Gasteiger partial charge in [-0.15, -0.1) is 0 Å². The van der Waals surface area contributed by atoms with Crippen molar-refractivity contribution in [1.82, 2.24) is 10.2 Å². The van der Waals surface area contributed by atoms with Gasteiger partial charge in [0.05, 0.1) is 5.60 Å². The minimum absolute atomic E-state index is 0.0847. The molecule has 1 rings (SSSR count). The van der Waals surface area contributed by atoms with E-state index in [1.807, 2.05) is 7.05 Å². The molecule has 102 valence electrons. The van der Waals surface area contributed by atoms with E-state index in [1.165, 1.54) is 32.5 Å². The van der Waals surface area contributed by atoms with Crippen LogP contribution in [-0.2, 0) is 4.74 Å². The lowest BCUT2D eigenvalue weighted by Gasteiger charge is -2.34. The highest BCUT2D eigenvalue weighted by molar-refractivity contribution is 4.86. The molecule has 1 fully saturated rings. The summed E-state index contributed by atoms with van der Waals surface area (Å²) in [6, 6.07) is 0.424. The third-order valence-electron chi connectivity index (χ3n) is 4.40. The van der Waals surface area contributed by atoms with Gasteiger partial charge >= 0.3 is 0 Å². The molecule has 0 saturated carbocycles. The van der Waals surface area contributed by atoms with Gasteiger partial charge in [0.2, 0.25) is 0 Å². The summed E-state index contributed by atoms with van der Waals surface area (Å²) in [5.41, 5.74) is -0.0847. The molecule has 0 aromatic carbocycles. The van der Waals surface area contributed by atoms with Gasteiger partial charge in [-0.05, 0) is 52.7 Å². The lowest BCUT2D eigenvalue weighted by Crippen LogP contribution is -2.48. The zero-order chi connectivity index (χ0) is 12.9. The summed E-state index contributed by atoms with van der Waals surface area (Å²) in [7, 11) is 3.83. The van der Waals surface area contributed by atoms with Crippen molar-refractivity contribution in [3.05, 3.63) is 0 Å². The van der Waals surface area contributed by atoms with Gasteiger partial charge in [0.1, 0.15) is 0 Å². The molecule has 2 unspecified atom stereocenters. The fraction of sp³-hybridized carbons (Fsp3) is 1.00. The molecule has 1 aliphatic rings. The zero-order valence-corrected chi connectivity index (χ0v) is 12.3. The Morgan fingerprint density at radius 1 is 1.47 bits per heavy atom. The van der Waals surface area contributed by atoms with Gasteiger partial charge in [-0.3, -0.25) is 0 Å². The number of likely N-dealkylation sites (N-methyl/N-ethyl adjacent to an activating group) is 1. The third-order valence-corrected chi connectivity index (χ3v) is 4.40. The second-order valence-corrected chi connectivity index (χ2v) is 5.80. The van der Waals surface area contributed by atoms with Crippen LogP contribution in [0.25, 0.3) is 0 Å². The van der Waals surface area contributed by atoms with Crippen LogP contribution in [0.4, 0.5) is 0 Å². The molecule has 0 bridgehead atoms. The Morgan fingerprint density at radius 3 is 2.65 bits per heavy atom. The van der Waals surface area contributed by atoms with E-state index < -0.39 is 0 Å². The van der Waals surface area contributed by atoms with E-state index in [9.17, 15) is 0 Å². The van der Waals surface area contributed by atoms with Crippen LogP contribution in [0.5, 0.6) is 0 Å². The van der Waals surface area contributed by atoms with E-state index in [4.69, 9.17) is 4.74 Å². The first kappa shape index (κ1) is 14.9. The number of ether oxygens (including phenoxy) is 1. The summed E-state index contributed by atoms with van der Waals surface area (Å²) in [5, 5.41) is 3.39. The molecule has 0 spiro atoms. The Morgan fingerprint density at radius 2 is 2.18 bits per heavy atom. The molecule has 1 aliphatic heterocycles. The summed E-state index contributed by atoms with van der Waals surface area (Å²) < 4.78 is 5.57. The van der Waals surface area contributed by atoms with Crippen molar-refractivity contribution in [2.75, 3.05) is 33.8 Å². The van der Waals surface area contributed by atoms with Gasteiger partial charge in [-0.2, -0.15) is 0 Å². The third kappa shape index (κ3) is 4.23. The minimum atomic E-state index is -0.0847. The largest absolute Gasteiger partial charge is 0.377 e. The minimum Gasteiger partial charge on any atom is -0.377 e. The van der Waals surface area contributed by atoms with Crippen LogP contribution in [0.15, 0.2) is 0 Å². The second-order valence-electron chi connectivity index (χ2n) is 5.80. The average molecular weight is 242 g/mol. The number of hydrogen-bond donors (Lipinski definition) is 1. The van der Waals surface area contributed by atoms with Crippen LogP contribution in [0.3, 0.4) is 0 Å². The molecule has 3 nitrogen and oxygen atoms in total. The SMILES string of the molecule is CCC1CCN(CCC(NC)C(C)(C)OC)C1. The molecule has 1 N–H and O–H groups in total. The monoisotopic (exact) mass is 242 g/mol. The maximum Gasteiger partial charge on any atom is 0.0775 e. The van der Waals surface area contributed by atoms with Gasteiger partial charge in [-0.1, -0.05) is 13.3 Å². The number of likely N-dealkylation sites (tertiary alicyclic amines) is 1. The molecule has 0 aromatic heterocycles. The Balaban J connectivity index is 2.34. The van der Waals surface area contributed by atoms with Crippen LogP contribution in [0.1, 0.15) is 40.0 Å². The zero-order valence-electron chi connectivity index (χ0n) is 12.3. The molecule has 0 aliphatic carbocycles. The van der Waals surface area contributed by atoms with Crippen molar-refractivity contribution >= 4 is 0 Å². The smallest absolute Gasteiger partial charge is 0.0775 e. The van der Waals surface area contributed by atoms with Crippen molar-refractivity contribution in [2.45, 2.75) is 51.7 Å². The Hall–Kier alpha value is -0.120. The first-order valence-corrected chi connectivity index (χ1v) is 6.98. The number of hydrogen-bond acceptors (Lipinski definition) is 3. The van der Waals surface area contributed by atoms with Gasteiger partial charge < -0.3 is 15.0 Å². The second kappa shape index (κ2) is 6.72. The van der Waals surface area contributed by atoms with Gasteiger partial charge in [0, 0.05) is 19.7 Å². The first-order valence-electron chi connectivity index (χ1n) is 6.98. The van der Waals surface area contributed by atoms with Crippen LogP contribution < -0.4 is 5.32 Å². The number of nitrogens with zero attached hydrogens (tertiary/aromatic N) is 1. The molecule has 1 saturated heterocycles. The number of rotatable bonds is 7. The highest BCUT2D eigenvalue weighted by atomic mass is 16.5. The molecular formula is C14H30N2O. The number of nitrogens with one attached hydrogen (secondary N) is 1. The fourth-order valence-electron chi connectivity index (χ4n) is 2.74. The molecule has 0 radical (unpaired) electrons. The molecule has 17 heavy (non-hydrogen) atoms. The van der Waals surface area contributed by atoms with E-state index in [2.05, 4.69) is 31.0 Å². The van der Waals surface area contributed by atoms with Crippen LogP contribution >= 0.6 is 0 Å². The van der Waals surface area contributed by atoms with E-state index in [0.29, 0.717) is 6.04 Å². The predicted octanol–water partition coefficient (Wildman–Crippen LogP) is 2.12. The van der Waals surface area contributed by atoms with Crippen molar-refractivity contribution in [3.63, 3.8) is 0 Å². The Kier molecular flexibility index (Phi) is 5.90. The summed E-state index contributed by atoms with van der Waals surface area (Å²) in [5.74, 6) is 0.929. The van der Waals surface area contributed by atoms with Crippen LogP contribution in [0, 0.1) is 5.92 Å². The van der Waals surface area contributed by atoms with E-state index in [0.717, 1.165) is 12.3 Å². The molecule has 2 atom stereocenters. The highest BCUT2D eigenvalue weighted by Gasteiger charge is 2.29. The molecule has 0 aromatic rings. The molecule has 1 heterocycles.